The van der Waals surface area contributed by atoms with E-state index in [0.29, 0.717) is 12.6 Å². The first kappa shape index (κ1) is 13.8. The van der Waals surface area contributed by atoms with Crippen molar-refractivity contribution in [1.29, 1.82) is 0 Å². The van der Waals surface area contributed by atoms with Crippen molar-refractivity contribution in [3.63, 3.8) is 0 Å². The van der Waals surface area contributed by atoms with Gasteiger partial charge in [0.1, 0.15) is 11.5 Å². The summed E-state index contributed by atoms with van der Waals surface area (Å²) in [5.74, 6) is 4.61. The molecule has 0 spiro atoms. The highest BCUT2D eigenvalue weighted by Gasteiger charge is 2.09. The summed E-state index contributed by atoms with van der Waals surface area (Å²) in [6, 6.07) is 2.55. The van der Waals surface area contributed by atoms with Gasteiger partial charge in [0, 0.05) is 6.04 Å². The number of nitrogens with one attached hydrogen (secondary N) is 1. The van der Waals surface area contributed by atoms with Gasteiger partial charge in [-0.05, 0) is 25.6 Å². The van der Waals surface area contributed by atoms with Crippen LogP contribution in [-0.4, -0.2) is 24.5 Å². The molecule has 94 valence electrons. The van der Waals surface area contributed by atoms with Crippen molar-refractivity contribution in [2.75, 3.05) is 13.6 Å². The van der Waals surface area contributed by atoms with E-state index in [9.17, 15) is 0 Å². The summed E-state index contributed by atoms with van der Waals surface area (Å²) in [6.07, 6.45) is 5.27. The first-order valence-corrected chi connectivity index (χ1v) is 5.96. The maximum atomic E-state index is 5.81. The normalized spacial score (nSPS) is 11.1. The summed E-state index contributed by atoms with van der Waals surface area (Å²) in [4.78, 5) is 2.05. The molecule has 0 aliphatic heterocycles. The lowest BCUT2D eigenvalue weighted by molar-refractivity contribution is 0.317. The van der Waals surface area contributed by atoms with Crippen LogP contribution >= 0.6 is 0 Å². The van der Waals surface area contributed by atoms with Crippen molar-refractivity contribution in [2.24, 2.45) is 0 Å². The van der Waals surface area contributed by atoms with Gasteiger partial charge in [0.25, 0.3) is 0 Å². The maximum absolute atomic E-state index is 5.81. The van der Waals surface area contributed by atoms with Crippen molar-refractivity contribution in [1.82, 2.24) is 10.2 Å². The second-order valence-corrected chi connectivity index (χ2v) is 4.73. The molecule has 1 N–H and O–H groups in total. The lowest BCUT2D eigenvalue weighted by Crippen LogP contribution is -2.21. The molecule has 1 heterocycles. The Morgan fingerprint density at radius 3 is 2.82 bits per heavy atom. The molecule has 17 heavy (non-hydrogen) atoms. The number of aryl methyl sites for hydroxylation is 1. The molecule has 1 aromatic heterocycles. The first-order valence-electron chi connectivity index (χ1n) is 5.96. The molecule has 0 aromatic carbocycles. The van der Waals surface area contributed by atoms with Crippen LogP contribution in [0.3, 0.4) is 0 Å². The van der Waals surface area contributed by atoms with Crippen LogP contribution in [0.1, 0.15) is 30.9 Å². The van der Waals surface area contributed by atoms with E-state index in [1.54, 1.807) is 0 Å². The van der Waals surface area contributed by atoms with E-state index >= 15 is 0 Å². The van der Waals surface area contributed by atoms with Gasteiger partial charge in [0.05, 0.1) is 19.6 Å². The predicted octanol–water partition coefficient (Wildman–Crippen LogP) is 2.15. The minimum atomic E-state index is 0.465. The van der Waals surface area contributed by atoms with Crippen molar-refractivity contribution in [2.45, 2.75) is 39.9 Å². The van der Waals surface area contributed by atoms with Gasteiger partial charge in [-0.2, -0.15) is 0 Å². The lowest BCUT2D eigenvalue weighted by atomic mass is 10.2. The van der Waals surface area contributed by atoms with Crippen LogP contribution in [0.5, 0.6) is 0 Å². The van der Waals surface area contributed by atoms with Crippen LogP contribution < -0.4 is 5.32 Å². The number of furan rings is 1. The maximum Gasteiger partial charge on any atom is 0.120 e. The highest BCUT2D eigenvalue weighted by molar-refractivity contribution is 5.20. The molecule has 0 saturated carbocycles. The fourth-order valence-electron chi connectivity index (χ4n) is 1.62. The predicted molar refractivity (Wildman–Crippen MR) is 70.6 cm³/mol. The number of nitrogens with zero attached hydrogens (tertiary/aromatic N) is 1. The summed E-state index contributed by atoms with van der Waals surface area (Å²) in [6.45, 7) is 8.50. The second-order valence-electron chi connectivity index (χ2n) is 4.73. The highest BCUT2D eigenvalue weighted by atomic mass is 16.3. The van der Waals surface area contributed by atoms with Crippen LogP contribution in [-0.2, 0) is 13.1 Å². The zero-order chi connectivity index (χ0) is 12.8. The topological polar surface area (TPSA) is 28.4 Å². The number of rotatable bonds is 6. The Labute approximate surface area is 104 Å². The van der Waals surface area contributed by atoms with E-state index in [-0.39, 0.29) is 0 Å². The monoisotopic (exact) mass is 234 g/mol. The Hall–Kier alpha value is -1.24. The molecule has 1 rings (SSSR count). The molecule has 0 aliphatic rings. The third kappa shape index (κ3) is 4.64. The molecule has 0 unspecified atom stereocenters. The van der Waals surface area contributed by atoms with Gasteiger partial charge in [0.2, 0.25) is 0 Å². The van der Waals surface area contributed by atoms with Crippen LogP contribution in [0.2, 0.25) is 0 Å². The Morgan fingerprint density at radius 2 is 2.24 bits per heavy atom. The van der Waals surface area contributed by atoms with Gasteiger partial charge in [-0.3, -0.25) is 4.90 Å². The van der Waals surface area contributed by atoms with E-state index in [2.05, 4.69) is 43.0 Å². The van der Waals surface area contributed by atoms with Gasteiger partial charge in [-0.25, -0.2) is 0 Å². The number of hydrogen-bond donors (Lipinski definition) is 1. The van der Waals surface area contributed by atoms with Crippen molar-refractivity contribution >= 4 is 0 Å². The standard InChI is InChI=1S/C14H22N2O/c1-6-7-16(5)10-13-8-12(4)14(17-13)9-15-11(2)3/h1,8,11,15H,7,9-10H2,2-5H3. The van der Waals surface area contributed by atoms with Gasteiger partial charge in [0.15, 0.2) is 0 Å². The Bertz CT molecular complexity index is 387. The molecule has 0 radical (unpaired) electrons. The van der Waals surface area contributed by atoms with Gasteiger partial charge < -0.3 is 9.73 Å². The van der Waals surface area contributed by atoms with Gasteiger partial charge in [-0.15, -0.1) is 6.42 Å². The molecule has 0 bridgehead atoms. The largest absolute Gasteiger partial charge is 0.463 e. The molecule has 0 saturated heterocycles. The molecule has 0 atom stereocenters. The summed E-state index contributed by atoms with van der Waals surface area (Å²) in [5, 5.41) is 3.35. The molecular formula is C14H22N2O. The third-order valence-corrected chi connectivity index (χ3v) is 2.53. The lowest BCUT2D eigenvalue weighted by Gasteiger charge is -2.10. The SMILES string of the molecule is C#CCN(C)Cc1cc(C)c(CNC(C)C)o1. The van der Waals surface area contributed by atoms with Crippen LogP contribution in [0, 0.1) is 19.3 Å². The quantitative estimate of drug-likeness (QED) is 0.765. The summed E-state index contributed by atoms with van der Waals surface area (Å²) >= 11 is 0. The zero-order valence-electron chi connectivity index (χ0n) is 11.2. The van der Waals surface area contributed by atoms with Gasteiger partial charge in [-0.1, -0.05) is 19.8 Å². The minimum absolute atomic E-state index is 0.465. The smallest absolute Gasteiger partial charge is 0.120 e. The van der Waals surface area contributed by atoms with E-state index in [1.165, 1.54) is 5.56 Å². The van der Waals surface area contributed by atoms with Gasteiger partial charge >= 0.3 is 0 Å². The summed E-state index contributed by atoms with van der Waals surface area (Å²) in [5.41, 5.74) is 1.20. The Balaban J connectivity index is 2.58. The number of hydrogen-bond acceptors (Lipinski definition) is 3. The van der Waals surface area contributed by atoms with E-state index in [4.69, 9.17) is 10.8 Å². The van der Waals surface area contributed by atoms with Crippen molar-refractivity contribution < 1.29 is 4.42 Å². The molecule has 0 fully saturated rings. The van der Waals surface area contributed by atoms with Crippen LogP contribution in [0.25, 0.3) is 0 Å². The van der Waals surface area contributed by atoms with Crippen molar-refractivity contribution in [3.05, 3.63) is 23.2 Å². The Kier molecular flexibility index (Phi) is 5.27. The highest BCUT2D eigenvalue weighted by Crippen LogP contribution is 2.15. The van der Waals surface area contributed by atoms with Crippen LogP contribution in [0.4, 0.5) is 0 Å². The first-order chi connectivity index (χ1) is 8.02. The van der Waals surface area contributed by atoms with E-state index < -0.39 is 0 Å². The van der Waals surface area contributed by atoms with Crippen LogP contribution in [0.15, 0.2) is 10.5 Å². The minimum Gasteiger partial charge on any atom is -0.463 e. The fourth-order valence-corrected chi connectivity index (χ4v) is 1.62. The molecule has 0 aliphatic carbocycles. The Morgan fingerprint density at radius 1 is 1.53 bits per heavy atom. The average Bonchev–Trinajstić information content (AvgIpc) is 2.56. The second kappa shape index (κ2) is 6.48. The number of terminal acetylenes is 1. The fraction of sp³-hybridized carbons (Fsp3) is 0.571. The third-order valence-electron chi connectivity index (χ3n) is 2.53. The van der Waals surface area contributed by atoms with E-state index in [1.807, 2.05) is 7.05 Å². The van der Waals surface area contributed by atoms with Crippen molar-refractivity contribution in [3.8, 4) is 12.3 Å². The molecule has 3 heteroatoms. The van der Waals surface area contributed by atoms with E-state index in [0.717, 1.165) is 24.6 Å². The summed E-state index contributed by atoms with van der Waals surface area (Å²) < 4.78 is 5.81. The molecule has 1 aromatic rings. The molecule has 3 nitrogen and oxygen atoms in total. The average molecular weight is 234 g/mol. The zero-order valence-corrected chi connectivity index (χ0v) is 11.2. The molecule has 0 amide bonds. The summed E-state index contributed by atoms with van der Waals surface area (Å²) in [7, 11) is 1.99. The molecular weight excluding hydrogens is 212 g/mol.